The van der Waals surface area contributed by atoms with Crippen molar-refractivity contribution >= 4 is 43.1 Å². The third-order valence-corrected chi connectivity index (χ3v) is 6.18. The number of nitrogens with zero attached hydrogens (tertiary/aromatic N) is 4. The minimum absolute atomic E-state index is 0.195. The highest BCUT2D eigenvalue weighted by molar-refractivity contribution is 9.11. The molecular formula is C16H13BrN4O2S. The molecule has 0 bridgehead atoms. The molecule has 0 saturated carbocycles. The molecule has 0 fully saturated rings. The van der Waals surface area contributed by atoms with Crippen molar-refractivity contribution in [1.82, 2.24) is 19.2 Å². The van der Waals surface area contributed by atoms with Crippen molar-refractivity contribution in [3.8, 4) is 5.75 Å². The van der Waals surface area contributed by atoms with Gasteiger partial charge in [-0.15, -0.1) is 11.3 Å². The van der Waals surface area contributed by atoms with Crippen molar-refractivity contribution in [3.63, 3.8) is 0 Å². The first kappa shape index (κ1) is 15.3. The van der Waals surface area contributed by atoms with E-state index in [1.165, 1.54) is 22.2 Å². The van der Waals surface area contributed by atoms with Crippen LogP contribution >= 0.6 is 27.3 Å². The summed E-state index contributed by atoms with van der Waals surface area (Å²) >= 11 is 5.11. The summed E-state index contributed by atoms with van der Waals surface area (Å²) in [4.78, 5) is 18.0. The van der Waals surface area contributed by atoms with Crippen LogP contribution in [0.1, 0.15) is 11.1 Å². The third-order valence-electron chi connectivity index (χ3n) is 4.00. The van der Waals surface area contributed by atoms with Crippen molar-refractivity contribution in [1.29, 1.82) is 0 Å². The molecule has 0 spiro atoms. The number of thiophene rings is 1. The fourth-order valence-corrected chi connectivity index (χ4v) is 4.41. The monoisotopic (exact) mass is 404 g/mol. The summed E-state index contributed by atoms with van der Waals surface area (Å²) in [5.41, 5.74) is 2.48. The zero-order valence-electron chi connectivity index (χ0n) is 13.0. The Morgan fingerprint density at radius 1 is 1.29 bits per heavy atom. The fraction of sp³-hybridized carbons (Fsp3) is 0.188. The zero-order chi connectivity index (χ0) is 16.8. The normalized spacial score (nSPS) is 11.5. The van der Waals surface area contributed by atoms with Crippen molar-refractivity contribution in [3.05, 3.63) is 56.0 Å². The summed E-state index contributed by atoms with van der Waals surface area (Å²) < 4.78 is 9.28. The van der Waals surface area contributed by atoms with Crippen LogP contribution < -0.4 is 10.4 Å². The SMILES string of the molecule is COc1ccc(Cn2c(=O)n3ncnc3c3c(C)c(Br)sc32)cc1. The smallest absolute Gasteiger partial charge is 0.352 e. The molecule has 6 nitrogen and oxygen atoms in total. The van der Waals surface area contributed by atoms with Gasteiger partial charge in [-0.1, -0.05) is 12.1 Å². The van der Waals surface area contributed by atoms with Gasteiger partial charge in [0.1, 0.15) is 16.9 Å². The van der Waals surface area contributed by atoms with Gasteiger partial charge in [0.2, 0.25) is 0 Å². The number of fused-ring (bicyclic) bond motifs is 3. The predicted octanol–water partition coefficient (Wildman–Crippen LogP) is 3.23. The molecule has 0 aliphatic heterocycles. The number of aromatic nitrogens is 4. The van der Waals surface area contributed by atoms with Crippen LogP contribution in [0.2, 0.25) is 0 Å². The highest BCUT2D eigenvalue weighted by atomic mass is 79.9. The second kappa shape index (κ2) is 5.71. The lowest BCUT2D eigenvalue weighted by Gasteiger charge is -2.09. The maximum atomic E-state index is 12.8. The molecule has 4 rings (SSSR count). The summed E-state index contributed by atoms with van der Waals surface area (Å²) in [5, 5.41) is 5.05. The second-order valence-electron chi connectivity index (χ2n) is 5.39. The van der Waals surface area contributed by atoms with Crippen molar-refractivity contribution < 1.29 is 4.74 Å². The van der Waals surface area contributed by atoms with Crippen LogP contribution in [0.5, 0.6) is 5.75 Å². The van der Waals surface area contributed by atoms with E-state index in [9.17, 15) is 4.79 Å². The fourth-order valence-electron chi connectivity index (χ4n) is 2.73. The van der Waals surface area contributed by atoms with E-state index in [2.05, 4.69) is 26.0 Å². The molecule has 3 aromatic heterocycles. The van der Waals surface area contributed by atoms with Gasteiger partial charge >= 0.3 is 5.69 Å². The summed E-state index contributed by atoms with van der Waals surface area (Å²) in [6, 6.07) is 7.69. The van der Waals surface area contributed by atoms with Crippen LogP contribution in [0.15, 0.2) is 39.2 Å². The van der Waals surface area contributed by atoms with E-state index in [1.54, 1.807) is 11.7 Å². The van der Waals surface area contributed by atoms with Crippen LogP contribution in [0.25, 0.3) is 15.9 Å². The van der Waals surface area contributed by atoms with E-state index in [1.807, 2.05) is 31.2 Å². The minimum Gasteiger partial charge on any atom is -0.497 e. The number of hydrogen-bond donors (Lipinski definition) is 0. The first-order valence-corrected chi connectivity index (χ1v) is 8.85. The Bertz CT molecular complexity index is 1110. The standard InChI is InChI=1S/C16H13BrN4O2S/c1-9-12-14-18-8-19-21(14)16(22)20(15(12)24-13(9)17)7-10-3-5-11(23-2)6-4-10/h3-6,8H,7H2,1-2H3. The number of rotatable bonds is 3. The highest BCUT2D eigenvalue weighted by Crippen LogP contribution is 2.35. The van der Waals surface area contributed by atoms with Crippen LogP contribution in [-0.2, 0) is 6.54 Å². The number of aryl methyl sites for hydroxylation is 1. The second-order valence-corrected chi connectivity index (χ2v) is 7.71. The third kappa shape index (κ3) is 2.25. The minimum atomic E-state index is -0.195. The van der Waals surface area contributed by atoms with Gasteiger partial charge in [-0.3, -0.25) is 4.57 Å². The van der Waals surface area contributed by atoms with E-state index < -0.39 is 0 Å². The van der Waals surface area contributed by atoms with E-state index in [0.717, 1.165) is 30.9 Å². The first-order valence-electron chi connectivity index (χ1n) is 7.24. The summed E-state index contributed by atoms with van der Waals surface area (Å²) in [6.07, 6.45) is 1.42. The van der Waals surface area contributed by atoms with Crippen LogP contribution in [0, 0.1) is 6.92 Å². The molecule has 8 heteroatoms. The Morgan fingerprint density at radius 2 is 2.04 bits per heavy atom. The number of hydrogen-bond acceptors (Lipinski definition) is 5. The van der Waals surface area contributed by atoms with E-state index in [4.69, 9.17) is 4.74 Å². The Hall–Kier alpha value is -2.19. The Labute approximate surface area is 149 Å². The van der Waals surface area contributed by atoms with Gasteiger partial charge in [0.05, 0.1) is 22.8 Å². The first-order chi connectivity index (χ1) is 11.6. The summed E-state index contributed by atoms with van der Waals surface area (Å²) in [5.74, 6) is 0.790. The lowest BCUT2D eigenvalue weighted by molar-refractivity contribution is 0.414. The van der Waals surface area contributed by atoms with E-state index in [-0.39, 0.29) is 5.69 Å². The van der Waals surface area contributed by atoms with Gasteiger partial charge in [0, 0.05) is 0 Å². The van der Waals surface area contributed by atoms with Gasteiger partial charge < -0.3 is 4.74 Å². The summed E-state index contributed by atoms with van der Waals surface area (Å²) in [6.45, 7) is 2.47. The highest BCUT2D eigenvalue weighted by Gasteiger charge is 2.18. The molecule has 0 atom stereocenters. The molecule has 0 saturated heterocycles. The van der Waals surface area contributed by atoms with Gasteiger partial charge in [-0.2, -0.15) is 9.61 Å². The van der Waals surface area contributed by atoms with Gasteiger partial charge in [0.25, 0.3) is 0 Å². The van der Waals surface area contributed by atoms with Crippen LogP contribution in [-0.4, -0.2) is 26.3 Å². The topological polar surface area (TPSA) is 61.4 Å². The maximum absolute atomic E-state index is 12.8. The predicted molar refractivity (Wildman–Crippen MR) is 97.2 cm³/mol. The molecule has 0 aliphatic rings. The van der Waals surface area contributed by atoms with Crippen molar-refractivity contribution in [2.24, 2.45) is 0 Å². The molecule has 0 radical (unpaired) electrons. The Morgan fingerprint density at radius 3 is 2.75 bits per heavy atom. The average molecular weight is 405 g/mol. The Balaban J connectivity index is 1.97. The van der Waals surface area contributed by atoms with Crippen LogP contribution in [0.4, 0.5) is 0 Å². The summed E-state index contributed by atoms with van der Waals surface area (Å²) in [7, 11) is 1.63. The quantitative estimate of drug-likeness (QED) is 0.525. The zero-order valence-corrected chi connectivity index (χ0v) is 15.4. The maximum Gasteiger partial charge on any atom is 0.352 e. The van der Waals surface area contributed by atoms with E-state index in [0.29, 0.717) is 12.2 Å². The van der Waals surface area contributed by atoms with Crippen LogP contribution in [0.3, 0.4) is 0 Å². The largest absolute Gasteiger partial charge is 0.497 e. The molecule has 3 heterocycles. The molecule has 122 valence electrons. The molecule has 0 N–H and O–H groups in total. The average Bonchev–Trinajstić information content (AvgIpc) is 3.18. The molecule has 0 unspecified atom stereocenters. The molecule has 4 aromatic rings. The number of halogens is 1. The molecule has 24 heavy (non-hydrogen) atoms. The van der Waals surface area contributed by atoms with E-state index >= 15 is 0 Å². The lowest BCUT2D eigenvalue weighted by atomic mass is 10.2. The Kier molecular flexibility index (Phi) is 3.65. The lowest BCUT2D eigenvalue weighted by Crippen LogP contribution is -2.27. The number of ether oxygens (including phenoxy) is 1. The molecule has 0 aliphatic carbocycles. The van der Waals surface area contributed by atoms with Gasteiger partial charge in [-0.05, 0) is 46.1 Å². The van der Waals surface area contributed by atoms with Gasteiger partial charge in [-0.25, -0.2) is 9.78 Å². The number of benzene rings is 1. The molecule has 0 amide bonds. The molecule has 1 aromatic carbocycles. The van der Waals surface area contributed by atoms with Crippen molar-refractivity contribution in [2.45, 2.75) is 13.5 Å². The van der Waals surface area contributed by atoms with Crippen molar-refractivity contribution in [2.75, 3.05) is 7.11 Å². The number of methoxy groups -OCH3 is 1. The molecular weight excluding hydrogens is 392 g/mol. The van der Waals surface area contributed by atoms with Gasteiger partial charge in [0.15, 0.2) is 5.65 Å².